The number of nitrogens with one attached hydrogen (secondary N) is 1. The third kappa shape index (κ3) is 2.77. The quantitative estimate of drug-likeness (QED) is 0.819. The Morgan fingerprint density at radius 1 is 1.57 bits per heavy atom. The van der Waals surface area contributed by atoms with Crippen LogP contribution in [0.1, 0.15) is 27.7 Å². The summed E-state index contributed by atoms with van der Waals surface area (Å²) in [6.07, 6.45) is 0. The molecule has 0 saturated heterocycles. The third-order valence-corrected chi connectivity index (χ3v) is 2.89. The van der Waals surface area contributed by atoms with Crippen LogP contribution in [0.15, 0.2) is 5.51 Å². The monoisotopic (exact) mass is 213 g/mol. The van der Waals surface area contributed by atoms with Crippen molar-refractivity contribution in [3.05, 3.63) is 5.51 Å². The zero-order valence-corrected chi connectivity index (χ0v) is 9.68. The van der Waals surface area contributed by atoms with E-state index in [9.17, 15) is 4.79 Å². The van der Waals surface area contributed by atoms with Crippen LogP contribution in [0.4, 0.5) is 5.13 Å². The van der Waals surface area contributed by atoms with Crippen molar-refractivity contribution in [3.8, 4) is 0 Å². The molecule has 4 nitrogen and oxygen atoms in total. The molecule has 0 aromatic carbocycles. The Morgan fingerprint density at radius 3 is 2.64 bits per heavy atom. The Balaban J connectivity index is 2.59. The van der Waals surface area contributed by atoms with Crippen LogP contribution in [-0.4, -0.2) is 16.1 Å². The van der Waals surface area contributed by atoms with Gasteiger partial charge in [-0.25, -0.2) is 0 Å². The SMILES string of the molecule is CC(C(=O)Nc1nncs1)C(C)(C)C. The van der Waals surface area contributed by atoms with Crippen LogP contribution in [0.5, 0.6) is 0 Å². The highest BCUT2D eigenvalue weighted by Crippen LogP contribution is 2.26. The Hall–Kier alpha value is -0.970. The summed E-state index contributed by atoms with van der Waals surface area (Å²) in [6, 6.07) is 0. The molecule has 78 valence electrons. The zero-order chi connectivity index (χ0) is 10.8. The average molecular weight is 213 g/mol. The smallest absolute Gasteiger partial charge is 0.229 e. The molecule has 0 bridgehead atoms. The lowest BCUT2D eigenvalue weighted by molar-refractivity contribution is -0.122. The van der Waals surface area contributed by atoms with Crippen molar-refractivity contribution in [2.75, 3.05) is 5.32 Å². The number of amides is 1. The number of anilines is 1. The molecule has 0 fully saturated rings. The molecular weight excluding hydrogens is 198 g/mol. The largest absolute Gasteiger partial charge is 0.300 e. The second kappa shape index (κ2) is 4.04. The number of carbonyl (C=O) groups is 1. The minimum Gasteiger partial charge on any atom is -0.300 e. The van der Waals surface area contributed by atoms with Crippen molar-refractivity contribution in [1.82, 2.24) is 10.2 Å². The van der Waals surface area contributed by atoms with Gasteiger partial charge in [-0.05, 0) is 5.41 Å². The summed E-state index contributed by atoms with van der Waals surface area (Å²) < 4.78 is 0. The summed E-state index contributed by atoms with van der Waals surface area (Å²) in [4.78, 5) is 11.7. The van der Waals surface area contributed by atoms with Crippen LogP contribution < -0.4 is 5.32 Å². The van der Waals surface area contributed by atoms with Crippen molar-refractivity contribution < 1.29 is 4.79 Å². The Labute approximate surface area is 87.7 Å². The topological polar surface area (TPSA) is 54.9 Å². The molecule has 0 aliphatic heterocycles. The molecule has 0 saturated carbocycles. The van der Waals surface area contributed by atoms with Gasteiger partial charge in [0.05, 0.1) is 0 Å². The van der Waals surface area contributed by atoms with Crippen molar-refractivity contribution in [3.63, 3.8) is 0 Å². The third-order valence-electron chi connectivity index (χ3n) is 2.28. The van der Waals surface area contributed by atoms with E-state index in [1.807, 2.05) is 27.7 Å². The first kappa shape index (κ1) is 11.1. The highest BCUT2D eigenvalue weighted by Gasteiger charge is 2.27. The molecule has 1 aromatic heterocycles. The van der Waals surface area contributed by atoms with E-state index < -0.39 is 0 Å². The van der Waals surface area contributed by atoms with Gasteiger partial charge in [0.1, 0.15) is 5.51 Å². The van der Waals surface area contributed by atoms with Crippen molar-refractivity contribution in [2.24, 2.45) is 11.3 Å². The summed E-state index contributed by atoms with van der Waals surface area (Å²) in [5.74, 6) is -0.0550. The summed E-state index contributed by atoms with van der Waals surface area (Å²) in [7, 11) is 0. The standard InChI is InChI=1S/C9H15N3OS/c1-6(9(2,3)4)7(13)11-8-12-10-5-14-8/h5-6H,1-4H3,(H,11,12,13). The molecule has 1 unspecified atom stereocenters. The fourth-order valence-corrected chi connectivity index (χ4v) is 1.28. The molecule has 1 amide bonds. The number of rotatable bonds is 2. The first-order chi connectivity index (χ1) is 6.41. The minimum absolute atomic E-state index is 0.00532. The van der Waals surface area contributed by atoms with E-state index in [-0.39, 0.29) is 17.2 Å². The molecule has 14 heavy (non-hydrogen) atoms. The molecule has 1 aromatic rings. The molecule has 1 heterocycles. The first-order valence-electron chi connectivity index (χ1n) is 4.48. The first-order valence-corrected chi connectivity index (χ1v) is 5.36. The zero-order valence-electron chi connectivity index (χ0n) is 8.87. The molecule has 0 aliphatic rings. The molecule has 1 rings (SSSR count). The Morgan fingerprint density at radius 2 is 2.21 bits per heavy atom. The van der Waals surface area contributed by atoms with Gasteiger partial charge in [-0.1, -0.05) is 39.0 Å². The van der Waals surface area contributed by atoms with E-state index in [2.05, 4.69) is 15.5 Å². The van der Waals surface area contributed by atoms with Gasteiger partial charge in [0.15, 0.2) is 0 Å². The second-order valence-electron chi connectivity index (χ2n) is 4.32. The molecule has 1 N–H and O–H groups in total. The van der Waals surface area contributed by atoms with Crippen LogP contribution in [-0.2, 0) is 4.79 Å². The van der Waals surface area contributed by atoms with Gasteiger partial charge in [0, 0.05) is 5.92 Å². The molecule has 0 radical (unpaired) electrons. The van der Waals surface area contributed by atoms with Gasteiger partial charge in [0.25, 0.3) is 0 Å². The van der Waals surface area contributed by atoms with E-state index in [1.165, 1.54) is 11.3 Å². The van der Waals surface area contributed by atoms with E-state index in [0.29, 0.717) is 5.13 Å². The van der Waals surface area contributed by atoms with Crippen LogP contribution in [0.25, 0.3) is 0 Å². The second-order valence-corrected chi connectivity index (χ2v) is 5.15. The lowest BCUT2D eigenvalue weighted by atomic mass is 9.81. The molecule has 1 atom stereocenters. The number of nitrogens with zero attached hydrogens (tertiary/aromatic N) is 2. The Bertz CT molecular complexity index is 302. The van der Waals surface area contributed by atoms with Crippen molar-refractivity contribution in [2.45, 2.75) is 27.7 Å². The predicted octanol–water partition coefficient (Wildman–Crippen LogP) is 2.16. The highest BCUT2D eigenvalue weighted by molar-refractivity contribution is 7.13. The fourth-order valence-electron chi connectivity index (χ4n) is 0.834. The molecular formula is C9H15N3OS. The normalized spacial score (nSPS) is 13.7. The summed E-state index contributed by atoms with van der Waals surface area (Å²) in [6.45, 7) is 8.03. The predicted molar refractivity (Wildman–Crippen MR) is 57.2 cm³/mol. The van der Waals surface area contributed by atoms with Crippen LogP contribution in [0.3, 0.4) is 0 Å². The van der Waals surface area contributed by atoms with E-state index in [0.717, 1.165) is 0 Å². The van der Waals surface area contributed by atoms with Gasteiger partial charge in [-0.3, -0.25) is 4.79 Å². The van der Waals surface area contributed by atoms with E-state index in [1.54, 1.807) is 5.51 Å². The van der Waals surface area contributed by atoms with E-state index in [4.69, 9.17) is 0 Å². The van der Waals surface area contributed by atoms with Gasteiger partial charge in [-0.15, -0.1) is 10.2 Å². The number of hydrogen-bond acceptors (Lipinski definition) is 4. The van der Waals surface area contributed by atoms with Crippen LogP contribution in [0, 0.1) is 11.3 Å². The average Bonchev–Trinajstić information content (AvgIpc) is 2.53. The number of hydrogen-bond donors (Lipinski definition) is 1. The minimum atomic E-state index is -0.0496. The van der Waals surface area contributed by atoms with Crippen LogP contribution >= 0.6 is 11.3 Å². The summed E-state index contributed by atoms with van der Waals surface area (Å²) in [5, 5.41) is 10.7. The maximum atomic E-state index is 11.7. The maximum Gasteiger partial charge on any atom is 0.229 e. The van der Waals surface area contributed by atoms with Crippen LogP contribution in [0.2, 0.25) is 0 Å². The highest BCUT2D eigenvalue weighted by atomic mass is 32.1. The Kier molecular flexibility index (Phi) is 3.21. The van der Waals surface area contributed by atoms with Gasteiger partial charge in [-0.2, -0.15) is 0 Å². The molecule has 0 spiro atoms. The summed E-state index contributed by atoms with van der Waals surface area (Å²) >= 11 is 1.33. The van der Waals surface area contributed by atoms with Gasteiger partial charge in [0.2, 0.25) is 11.0 Å². The maximum absolute atomic E-state index is 11.7. The lowest BCUT2D eigenvalue weighted by Crippen LogP contribution is -2.30. The van der Waals surface area contributed by atoms with E-state index >= 15 is 0 Å². The van der Waals surface area contributed by atoms with Crippen molar-refractivity contribution in [1.29, 1.82) is 0 Å². The lowest BCUT2D eigenvalue weighted by Gasteiger charge is -2.25. The van der Waals surface area contributed by atoms with Crippen molar-refractivity contribution >= 4 is 22.4 Å². The molecule has 5 heteroatoms. The number of aromatic nitrogens is 2. The van der Waals surface area contributed by atoms with Gasteiger partial charge < -0.3 is 5.32 Å². The summed E-state index contributed by atoms with van der Waals surface area (Å²) in [5.41, 5.74) is 1.56. The van der Waals surface area contributed by atoms with Gasteiger partial charge >= 0.3 is 0 Å². The number of carbonyl (C=O) groups excluding carboxylic acids is 1. The fraction of sp³-hybridized carbons (Fsp3) is 0.667. The molecule has 0 aliphatic carbocycles.